The third-order valence-corrected chi connectivity index (χ3v) is 8.34. The minimum absolute atomic E-state index is 0.163. The molecule has 0 spiro atoms. The molecule has 5 nitrogen and oxygen atoms in total. The first kappa shape index (κ1) is 25.5. The molecule has 0 aliphatic carbocycles. The number of nitrogens with zero attached hydrogens (tertiary/aromatic N) is 2. The van der Waals surface area contributed by atoms with Crippen LogP contribution < -0.4 is 9.04 Å². The summed E-state index contributed by atoms with van der Waals surface area (Å²) in [4.78, 5) is 2.69. The molecule has 0 aromatic heterocycles. The number of hydrogen-bond donors (Lipinski definition) is 0. The molecule has 0 bridgehead atoms. The molecule has 0 unspecified atom stereocenters. The Hall–Kier alpha value is -2.54. The van der Waals surface area contributed by atoms with Crippen LogP contribution >= 0.6 is 11.6 Å². The third-order valence-electron chi connectivity index (χ3n) is 6.30. The number of halogens is 1. The van der Waals surface area contributed by atoms with Crippen LogP contribution in [0.3, 0.4) is 0 Å². The van der Waals surface area contributed by atoms with Crippen molar-refractivity contribution in [3.8, 4) is 5.75 Å². The molecule has 35 heavy (non-hydrogen) atoms. The van der Waals surface area contributed by atoms with E-state index in [1.54, 1.807) is 24.3 Å². The highest BCUT2D eigenvalue weighted by molar-refractivity contribution is 7.92. The highest BCUT2D eigenvalue weighted by Crippen LogP contribution is 2.30. The fourth-order valence-corrected chi connectivity index (χ4v) is 5.98. The summed E-state index contributed by atoms with van der Waals surface area (Å²) in [6.45, 7) is 6.09. The van der Waals surface area contributed by atoms with Crippen molar-refractivity contribution in [2.75, 3.05) is 30.5 Å². The van der Waals surface area contributed by atoms with Gasteiger partial charge >= 0.3 is 0 Å². The lowest BCUT2D eigenvalue weighted by atomic mass is 10.1. The fraction of sp³-hybridized carbons (Fsp3) is 0.357. The monoisotopic (exact) mass is 512 g/mol. The smallest absolute Gasteiger partial charge is 0.264 e. The number of para-hydroxylation sites is 1. The Kier molecular flexibility index (Phi) is 8.71. The molecule has 0 atom stereocenters. The number of benzene rings is 3. The highest BCUT2D eigenvalue weighted by atomic mass is 35.5. The van der Waals surface area contributed by atoms with E-state index in [1.165, 1.54) is 36.7 Å². The summed E-state index contributed by atoms with van der Waals surface area (Å²) < 4.78 is 35.1. The second-order valence-corrected chi connectivity index (χ2v) is 11.3. The lowest BCUT2D eigenvalue weighted by molar-refractivity contribution is 0.204. The Morgan fingerprint density at radius 3 is 2.43 bits per heavy atom. The molecule has 0 radical (unpaired) electrons. The molecule has 1 saturated heterocycles. The minimum Gasteiger partial charge on any atom is -0.493 e. The maximum absolute atomic E-state index is 13.7. The third kappa shape index (κ3) is 6.78. The molecule has 0 saturated carbocycles. The standard InChI is InChI=1S/C28H33ClN2O3S/c1-23-9-7-11-26(21-23)31(35(32,33)27-15-13-25(29)14-16-27)22-24-10-3-4-12-28(24)34-20-8-19-30-17-5-2-6-18-30/h3-4,7,9-16,21H,2,5-6,8,17-20,22H2,1H3. The predicted molar refractivity (Wildman–Crippen MR) is 143 cm³/mol. The minimum atomic E-state index is -3.83. The summed E-state index contributed by atoms with van der Waals surface area (Å²) in [6.07, 6.45) is 4.83. The van der Waals surface area contributed by atoms with E-state index in [2.05, 4.69) is 4.90 Å². The van der Waals surface area contributed by atoms with Gasteiger partial charge in [-0.3, -0.25) is 4.31 Å². The van der Waals surface area contributed by atoms with E-state index in [0.717, 1.165) is 29.8 Å². The van der Waals surface area contributed by atoms with Gasteiger partial charge in [0.05, 0.1) is 23.7 Å². The summed E-state index contributed by atoms with van der Waals surface area (Å²) in [5, 5.41) is 0.495. The van der Waals surface area contributed by atoms with Crippen molar-refractivity contribution >= 4 is 27.3 Å². The van der Waals surface area contributed by atoms with Crippen molar-refractivity contribution in [3.63, 3.8) is 0 Å². The van der Waals surface area contributed by atoms with Crippen LogP contribution in [0.4, 0.5) is 5.69 Å². The van der Waals surface area contributed by atoms with Gasteiger partial charge in [0.15, 0.2) is 0 Å². The number of likely N-dealkylation sites (tertiary alicyclic amines) is 1. The van der Waals surface area contributed by atoms with Crippen molar-refractivity contribution in [2.45, 2.75) is 44.0 Å². The molecule has 3 aromatic rings. The van der Waals surface area contributed by atoms with Gasteiger partial charge in [0, 0.05) is 17.1 Å². The molecular formula is C28H33ClN2O3S. The molecular weight excluding hydrogens is 480 g/mol. The number of rotatable bonds is 10. The largest absolute Gasteiger partial charge is 0.493 e. The van der Waals surface area contributed by atoms with Gasteiger partial charge in [-0.2, -0.15) is 0 Å². The van der Waals surface area contributed by atoms with E-state index < -0.39 is 10.0 Å². The topological polar surface area (TPSA) is 49.9 Å². The van der Waals surface area contributed by atoms with Crippen LogP contribution in [0, 0.1) is 6.92 Å². The van der Waals surface area contributed by atoms with E-state index in [9.17, 15) is 8.42 Å². The van der Waals surface area contributed by atoms with Gasteiger partial charge < -0.3 is 9.64 Å². The Balaban J connectivity index is 1.55. The summed E-state index contributed by atoms with van der Waals surface area (Å²) >= 11 is 6.01. The summed E-state index contributed by atoms with van der Waals surface area (Å²) in [5.41, 5.74) is 2.42. The van der Waals surface area contributed by atoms with E-state index >= 15 is 0 Å². The van der Waals surface area contributed by atoms with Crippen LogP contribution in [0.1, 0.15) is 36.8 Å². The maximum atomic E-state index is 13.7. The predicted octanol–water partition coefficient (Wildman–Crippen LogP) is 6.30. The Morgan fingerprint density at radius 1 is 0.943 bits per heavy atom. The van der Waals surface area contributed by atoms with E-state index in [0.29, 0.717) is 17.3 Å². The van der Waals surface area contributed by atoms with Crippen LogP contribution in [0.25, 0.3) is 0 Å². The number of hydrogen-bond acceptors (Lipinski definition) is 4. The van der Waals surface area contributed by atoms with Crippen LogP contribution in [0.5, 0.6) is 5.75 Å². The Labute approximate surface area is 214 Å². The van der Waals surface area contributed by atoms with Gasteiger partial charge in [-0.15, -0.1) is 0 Å². The number of sulfonamides is 1. The summed E-state index contributed by atoms with van der Waals surface area (Å²) in [6, 6.07) is 21.5. The van der Waals surface area contributed by atoms with Gasteiger partial charge in [0.25, 0.3) is 10.0 Å². The number of piperidine rings is 1. The second kappa shape index (κ2) is 11.9. The van der Waals surface area contributed by atoms with Crippen molar-refractivity contribution < 1.29 is 13.2 Å². The van der Waals surface area contributed by atoms with E-state index in [1.807, 2.05) is 55.5 Å². The first-order valence-corrected chi connectivity index (χ1v) is 14.0. The van der Waals surface area contributed by atoms with E-state index in [4.69, 9.17) is 16.3 Å². The average molecular weight is 513 g/mol. The molecule has 0 amide bonds. The SMILES string of the molecule is Cc1cccc(N(Cc2ccccc2OCCCN2CCCCC2)S(=O)(=O)c2ccc(Cl)cc2)c1. The molecule has 0 N–H and O–H groups in total. The second-order valence-electron chi connectivity index (χ2n) is 9.02. The highest BCUT2D eigenvalue weighted by Gasteiger charge is 2.26. The Morgan fingerprint density at radius 2 is 1.69 bits per heavy atom. The molecule has 7 heteroatoms. The number of ether oxygens (including phenoxy) is 1. The fourth-order valence-electron chi connectivity index (χ4n) is 4.42. The van der Waals surface area contributed by atoms with Crippen molar-refractivity contribution in [2.24, 2.45) is 0 Å². The van der Waals surface area contributed by atoms with Crippen LogP contribution in [0.15, 0.2) is 77.7 Å². The summed E-state index contributed by atoms with van der Waals surface area (Å²) in [7, 11) is -3.83. The lowest BCUT2D eigenvalue weighted by Crippen LogP contribution is -2.31. The van der Waals surface area contributed by atoms with Gasteiger partial charge in [0.2, 0.25) is 0 Å². The molecule has 1 heterocycles. The molecule has 1 aliphatic rings. The van der Waals surface area contributed by atoms with Crippen molar-refractivity contribution in [1.82, 2.24) is 4.90 Å². The summed E-state index contributed by atoms with van der Waals surface area (Å²) in [5.74, 6) is 0.718. The average Bonchev–Trinajstić information content (AvgIpc) is 2.86. The van der Waals surface area contributed by atoms with Gasteiger partial charge in [-0.1, -0.05) is 48.4 Å². The zero-order valence-corrected chi connectivity index (χ0v) is 21.8. The van der Waals surface area contributed by atoms with Crippen molar-refractivity contribution in [1.29, 1.82) is 0 Å². The molecule has 1 fully saturated rings. The number of aryl methyl sites for hydroxylation is 1. The molecule has 1 aliphatic heterocycles. The lowest BCUT2D eigenvalue weighted by Gasteiger charge is -2.27. The van der Waals surface area contributed by atoms with Crippen LogP contribution in [0.2, 0.25) is 5.02 Å². The molecule has 3 aromatic carbocycles. The normalized spacial score (nSPS) is 14.6. The quantitative estimate of drug-likeness (QED) is 0.299. The van der Waals surface area contributed by atoms with Gasteiger partial charge in [0.1, 0.15) is 5.75 Å². The van der Waals surface area contributed by atoms with Gasteiger partial charge in [-0.05, 0) is 87.3 Å². The Bertz CT molecular complexity index is 1210. The van der Waals surface area contributed by atoms with Crippen LogP contribution in [-0.2, 0) is 16.6 Å². The maximum Gasteiger partial charge on any atom is 0.264 e. The number of anilines is 1. The van der Waals surface area contributed by atoms with Crippen molar-refractivity contribution in [3.05, 3.63) is 88.9 Å². The zero-order valence-electron chi connectivity index (χ0n) is 20.2. The molecule has 4 rings (SSSR count). The molecule has 186 valence electrons. The van der Waals surface area contributed by atoms with Gasteiger partial charge in [-0.25, -0.2) is 8.42 Å². The first-order chi connectivity index (χ1) is 16.9. The first-order valence-electron chi connectivity index (χ1n) is 12.2. The van der Waals surface area contributed by atoms with Crippen LogP contribution in [-0.4, -0.2) is 39.6 Å². The van der Waals surface area contributed by atoms with E-state index in [-0.39, 0.29) is 11.4 Å². The zero-order chi connectivity index (χ0) is 24.7.